The number of aromatic nitrogens is 1. The molecule has 0 spiro atoms. The van der Waals surface area contributed by atoms with Gasteiger partial charge in [-0.1, -0.05) is 23.7 Å². The molecule has 0 saturated heterocycles. The van der Waals surface area contributed by atoms with Gasteiger partial charge in [-0.3, -0.25) is 9.79 Å². The van der Waals surface area contributed by atoms with Crippen molar-refractivity contribution in [1.29, 1.82) is 0 Å². The predicted molar refractivity (Wildman–Crippen MR) is 101 cm³/mol. The number of aliphatic imine (C=N–C) groups is 1. The minimum Gasteiger partial charge on any atom is -0.387 e. The molecule has 0 bridgehead atoms. The summed E-state index contributed by atoms with van der Waals surface area (Å²) in [5.74, 6) is -3.41. The van der Waals surface area contributed by atoms with Crippen LogP contribution in [0.1, 0.15) is 35.8 Å². The van der Waals surface area contributed by atoms with E-state index >= 15 is 0 Å². The highest BCUT2D eigenvalue weighted by atomic mass is 35.5. The van der Waals surface area contributed by atoms with Crippen molar-refractivity contribution in [2.24, 2.45) is 16.6 Å². The van der Waals surface area contributed by atoms with Crippen molar-refractivity contribution in [1.82, 2.24) is 4.98 Å². The van der Waals surface area contributed by atoms with E-state index in [1.54, 1.807) is 19.1 Å². The smallest absolute Gasteiger partial charge is 0.387 e. The van der Waals surface area contributed by atoms with Crippen molar-refractivity contribution in [2.45, 2.75) is 31.5 Å². The van der Waals surface area contributed by atoms with Crippen LogP contribution in [0.15, 0.2) is 41.5 Å². The lowest BCUT2D eigenvalue weighted by Gasteiger charge is -2.36. The molecule has 5 nitrogen and oxygen atoms in total. The quantitative estimate of drug-likeness (QED) is 0.697. The van der Waals surface area contributed by atoms with E-state index < -0.39 is 35.1 Å². The standard InChI is InChI=1S/C19H17ClF4N4O/c1-18(8-11(19(22,23)24)6-15(25)28-18)10-3-2-4-13(5-10)27-17(29)16-14(21)7-12(20)9-26-16/h2-5,7,9,11H,6,8H2,1H3,(H2,25,28)(H,27,29). The molecular formula is C19H17ClF4N4O. The Morgan fingerprint density at radius 3 is 2.72 bits per heavy atom. The second-order valence-corrected chi connectivity index (χ2v) is 7.48. The number of halogens is 5. The van der Waals surface area contributed by atoms with E-state index in [9.17, 15) is 22.4 Å². The van der Waals surface area contributed by atoms with E-state index in [0.717, 1.165) is 12.3 Å². The molecule has 0 fully saturated rings. The first-order valence-electron chi connectivity index (χ1n) is 8.62. The third kappa shape index (κ3) is 4.67. The number of amidine groups is 1. The molecule has 2 aromatic rings. The number of anilines is 1. The number of benzene rings is 1. The summed E-state index contributed by atoms with van der Waals surface area (Å²) in [6, 6.07) is 7.13. The number of nitrogens with zero attached hydrogens (tertiary/aromatic N) is 2. The number of alkyl halides is 3. The van der Waals surface area contributed by atoms with Crippen molar-refractivity contribution < 1.29 is 22.4 Å². The van der Waals surface area contributed by atoms with Crippen LogP contribution in [-0.2, 0) is 5.54 Å². The number of hydrogen-bond acceptors (Lipinski definition) is 4. The zero-order valence-corrected chi connectivity index (χ0v) is 16.0. The topological polar surface area (TPSA) is 80.4 Å². The number of carbonyl (C=O) groups excluding carboxylic acids is 1. The SMILES string of the molecule is CC1(c2cccc(NC(=O)c3ncc(Cl)cc3F)c2)CC(C(F)(F)F)CC(N)=N1. The average Bonchev–Trinajstić information content (AvgIpc) is 2.60. The monoisotopic (exact) mass is 428 g/mol. The molecule has 29 heavy (non-hydrogen) atoms. The molecule has 10 heteroatoms. The Balaban J connectivity index is 1.87. The molecule has 2 heterocycles. The molecule has 1 aliphatic heterocycles. The molecule has 1 amide bonds. The second-order valence-electron chi connectivity index (χ2n) is 7.04. The molecular weight excluding hydrogens is 412 g/mol. The molecule has 2 unspecified atom stereocenters. The highest BCUT2D eigenvalue weighted by Gasteiger charge is 2.47. The molecule has 3 rings (SSSR count). The van der Waals surface area contributed by atoms with Crippen molar-refractivity contribution in [3.63, 3.8) is 0 Å². The lowest BCUT2D eigenvalue weighted by molar-refractivity contribution is -0.179. The first kappa shape index (κ1) is 21.0. The number of nitrogens with one attached hydrogen (secondary N) is 1. The number of hydrogen-bond donors (Lipinski definition) is 2. The highest BCUT2D eigenvalue weighted by Crippen LogP contribution is 2.44. The van der Waals surface area contributed by atoms with E-state index in [2.05, 4.69) is 15.3 Å². The van der Waals surface area contributed by atoms with Crippen LogP contribution < -0.4 is 11.1 Å². The van der Waals surface area contributed by atoms with Gasteiger partial charge in [0, 0.05) is 18.3 Å². The van der Waals surface area contributed by atoms with Gasteiger partial charge in [-0.15, -0.1) is 0 Å². The zero-order chi connectivity index (χ0) is 21.4. The van der Waals surface area contributed by atoms with Gasteiger partial charge in [0.15, 0.2) is 11.5 Å². The maximum atomic E-state index is 13.9. The van der Waals surface area contributed by atoms with Crippen LogP contribution in [0.4, 0.5) is 23.2 Å². The molecule has 1 aromatic carbocycles. The Hall–Kier alpha value is -2.68. The van der Waals surface area contributed by atoms with Crippen LogP contribution >= 0.6 is 11.6 Å². The minimum atomic E-state index is -4.40. The number of pyridine rings is 1. The summed E-state index contributed by atoms with van der Waals surface area (Å²) in [4.78, 5) is 20.2. The van der Waals surface area contributed by atoms with Crippen LogP contribution in [0.3, 0.4) is 0 Å². The summed E-state index contributed by atoms with van der Waals surface area (Å²) in [6.45, 7) is 1.55. The summed E-state index contributed by atoms with van der Waals surface area (Å²) >= 11 is 5.62. The Bertz CT molecular complexity index is 979. The van der Waals surface area contributed by atoms with E-state index in [1.807, 2.05) is 0 Å². The summed E-state index contributed by atoms with van der Waals surface area (Å²) in [5.41, 5.74) is 4.71. The third-order valence-corrected chi connectivity index (χ3v) is 4.92. The minimum absolute atomic E-state index is 0.0425. The van der Waals surface area contributed by atoms with Crippen LogP contribution in [0.5, 0.6) is 0 Å². The van der Waals surface area contributed by atoms with E-state index in [0.29, 0.717) is 5.56 Å². The van der Waals surface area contributed by atoms with Crippen LogP contribution in [0.2, 0.25) is 5.02 Å². The lowest BCUT2D eigenvalue weighted by Crippen LogP contribution is -2.40. The normalized spacial score (nSPS) is 22.1. The number of nitrogens with two attached hydrogens (primary N) is 1. The van der Waals surface area contributed by atoms with Crippen LogP contribution in [0.25, 0.3) is 0 Å². The van der Waals surface area contributed by atoms with Crippen molar-refractivity contribution in [3.05, 3.63) is 58.6 Å². The van der Waals surface area contributed by atoms with Gasteiger partial charge in [0.2, 0.25) is 0 Å². The molecule has 1 aliphatic rings. The van der Waals surface area contributed by atoms with E-state index in [1.165, 1.54) is 12.1 Å². The molecule has 2 atom stereocenters. The third-order valence-electron chi connectivity index (χ3n) is 4.72. The summed E-state index contributed by atoms with van der Waals surface area (Å²) < 4.78 is 53.7. The number of rotatable bonds is 3. The fraction of sp³-hybridized carbons (Fsp3) is 0.316. The Labute approximate surface area is 169 Å². The van der Waals surface area contributed by atoms with Crippen molar-refractivity contribution in [3.8, 4) is 0 Å². The molecule has 0 radical (unpaired) electrons. The van der Waals surface area contributed by atoms with Crippen LogP contribution in [-0.4, -0.2) is 22.9 Å². The summed E-state index contributed by atoms with van der Waals surface area (Å²) in [7, 11) is 0. The van der Waals surface area contributed by atoms with Crippen molar-refractivity contribution in [2.75, 3.05) is 5.32 Å². The van der Waals surface area contributed by atoms with E-state index in [-0.39, 0.29) is 29.4 Å². The molecule has 0 saturated carbocycles. The first-order valence-corrected chi connectivity index (χ1v) is 8.99. The fourth-order valence-electron chi connectivity index (χ4n) is 3.33. The molecule has 0 aliphatic carbocycles. The Kier molecular flexibility index (Phi) is 5.53. The van der Waals surface area contributed by atoms with Crippen LogP contribution in [0, 0.1) is 11.7 Å². The van der Waals surface area contributed by atoms with Gasteiger partial charge in [-0.05, 0) is 37.1 Å². The van der Waals surface area contributed by atoms with Gasteiger partial charge in [-0.2, -0.15) is 13.2 Å². The maximum Gasteiger partial charge on any atom is 0.392 e. The molecule has 1 aromatic heterocycles. The van der Waals surface area contributed by atoms with Gasteiger partial charge in [0.1, 0.15) is 0 Å². The van der Waals surface area contributed by atoms with Gasteiger partial charge < -0.3 is 11.1 Å². The highest BCUT2D eigenvalue weighted by molar-refractivity contribution is 6.30. The first-order chi connectivity index (χ1) is 13.5. The lowest BCUT2D eigenvalue weighted by atomic mass is 9.79. The average molecular weight is 429 g/mol. The molecule has 3 N–H and O–H groups in total. The number of amides is 1. The van der Waals surface area contributed by atoms with E-state index in [4.69, 9.17) is 17.3 Å². The fourth-order valence-corrected chi connectivity index (χ4v) is 3.48. The zero-order valence-electron chi connectivity index (χ0n) is 15.2. The largest absolute Gasteiger partial charge is 0.392 e. The predicted octanol–water partition coefficient (Wildman–Crippen LogP) is 4.67. The van der Waals surface area contributed by atoms with Gasteiger partial charge in [-0.25, -0.2) is 9.37 Å². The van der Waals surface area contributed by atoms with Gasteiger partial charge in [0.05, 0.1) is 22.3 Å². The molecule has 154 valence electrons. The van der Waals surface area contributed by atoms with Crippen molar-refractivity contribution >= 4 is 29.0 Å². The summed E-state index contributed by atoms with van der Waals surface area (Å²) in [6.07, 6.45) is -3.89. The Morgan fingerprint density at radius 1 is 1.34 bits per heavy atom. The Morgan fingerprint density at radius 2 is 2.07 bits per heavy atom. The summed E-state index contributed by atoms with van der Waals surface area (Å²) in [5, 5.41) is 2.52. The maximum absolute atomic E-state index is 13.9. The number of carbonyl (C=O) groups is 1. The second kappa shape index (κ2) is 7.62. The van der Waals surface area contributed by atoms with Gasteiger partial charge in [0.25, 0.3) is 5.91 Å². The van der Waals surface area contributed by atoms with Gasteiger partial charge >= 0.3 is 6.18 Å².